The van der Waals surface area contributed by atoms with Gasteiger partial charge in [-0.3, -0.25) is 9.89 Å². The summed E-state index contributed by atoms with van der Waals surface area (Å²) in [6.07, 6.45) is 5.02. The van der Waals surface area contributed by atoms with Gasteiger partial charge in [0.1, 0.15) is 11.9 Å². The molecule has 2 aliphatic heterocycles. The summed E-state index contributed by atoms with van der Waals surface area (Å²) in [5.74, 6) is 1.79. The van der Waals surface area contributed by atoms with Gasteiger partial charge >= 0.3 is 0 Å². The van der Waals surface area contributed by atoms with Gasteiger partial charge in [-0.05, 0) is 44.5 Å². The number of hydrogen-bond acceptors (Lipinski definition) is 4. The molecule has 2 saturated heterocycles. The lowest BCUT2D eigenvalue weighted by Gasteiger charge is -2.35. The fraction of sp³-hybridized carbons (Fsp3) is 0.682. The predicted octanol–water partition coefficient (Wildman–Crippen LogP) is 3.32. The van der Waals surface area contributed by atoms with E-state index in [0.29, 0.717) is 19.2 Å². The Kier molecular flexibility index (Phi) is 10.5. The number of hydrogen-bond donors (Lipinski definition) is 2. The average molecular weight is 516 g/mol. The standard InChI is InChI=1S/C22H36N4O2.HI/c1-4-26-11-6-5-7-19(26)15-25-22(23-3)24-14-18-9-8-17(2)13-21(18)28-20-10-12-27-16-20;/h8-9,13,19-20H,4-7,10-12,14-16H2,1-3H3,(H2,23,24,25);1H. The second kappa shape index (κ2) is 12.6. The summed E-state index contributed by atoms with van der Waals surface area (Å²) in [5, 5.41) is 6.97. The Balaban J connectivity index is 0.00000300. The fourth-order valence-corrected chi connectivity index (χ4v) is 4.02. The summed E-state index contributed by atoms with van der Waals surface area (Å²) in [5.41, 5.74) is 2.35. The van der Waals surface area contributed by atoms with Gasteiger partial charge in [-0.15, -0.1) is 24.0 Å². The first kappa shape index (κ1) is 24.2. The van der Waals surface area contributed by atoms with Gasteiger partial charge in [-0.1, -0.05) is 25.5 Å². The summed E-state index contributed by atoms with van der Waals surface area (Å²) in [7, 11) is 1.83. The van der Waals surface area contributed by atoms with Crippen LogP contribution in [0.25, 0.3) is 0 Å². The highest BCUT2D eigenvalue weighted by Gasteiger charge is 2.21. The number of guanidine groups is 1. The van der Waals surface area contributed by atoms with Crippen LogP contribution in [-0.2, 0) is 11.3 Å². The second-order valence-electron chi connectivity index (χ2n) is 7.80. The quantitative estimate of drug-likeness (QED) is 0.331. The summed E-state index contributed by atoms with van der Waals surface area (Å²) in [4.78, 5) is 6.97. The van der Waals surface area contributed by atoms with Crippen molar-refractivity contribution >= 4 is 29.9 Å². The molecule has 6 nitrogen and oxygen atoms in total. The first-order valence-corrected chi connectivity index (χ1v) is 10.7. The topological polar surface area (TPSA) is 58.1 Å². The molecule has 0 saturated carbocycles. The van der Waals surface area contributed by atoms with Crippen LogP contribution in [0.2, 0.25) is 0 Å². The highest BCUT2D eigenvalue weighted by molar-refractivity contribution is 14.0. The molecule has 2 heterocycles. The van der Waals surface area contributed by atoms with Crippen LogP contribution >= 0.6 is 24.0 Å². The minimum atomic E-state index is 0. The second-order valence-corrected chi connectivity index (χ2v) is 7.80. The van der Waals surface area contributed by atoms with Gasteiger partial charge in [-0.25, -0.2) is 0 Å². The van der Waals surface area contributed by atoms with E-state index in [1.54, 1.807) is 0 Å². The van der Waals surface area contributed by atoms with E-state index in [4.69, 9.17) is 9.47 Å². The molecule has 0 amide bonds. The molecule has 2 aliphatic rings. The molecule has 2 unspecified atom stereocenters. The van der Waals surface area contributed by atoms with Gasteiger partial charge in [0.15, 0.2) is 5.96 Å². The molecule has 2 atom stereocenters. The smallest absolute Gasteiger partial charge is 0.191 e. The lowest BCUT2D eigenvalue weighted by molar-refractivity contribution is 0.140. The summed E-state index contributed by atoms with van der Waals surface area (Å²) in [6.45, 7) is 9.77. The molecule has 0 bridgehead atoms. The monoisotopic (exact) mass is 516 g/mol. The first-order chi connectivity index (χ1) is 13.7. The summed E-state index contributed by atoms with van der Waals surface area (Å²) in [6, 6.07) is 6.98. The van der Waals surface area contributed by atoms with Crippen molar-refractivity contribution in [3.05, 3.63) is 29.3 Å². The van der Waals surface area contributed by atoms with Gasteiger partial charge in [0, 0.05) is 38.2 Å². The van der Waals surface area contributed by atoms with E-state index in [1.165, 1.54) is 31.4 Å². The Morgan fingerprint density at radius 1 is 1.28 bits per heavy atom. The van der Waals surface area contributed by atoms with Crippen LogP contribution in [0.5, 0.6) is 5.75 Å². The molecular formula is C22H37IN4O2. The minimum Gasteiger partial charge on any atom is -0.488 e. The number of nitrogens with one attached hydrogen (secondary N) is 2. The van der Waals surface area contributed by atoms with Crippen molar-refractivity contribution < 1.29 is 9.47 Å². The molecule has 1 aromatic rings. The molecule has 0 aromatic heterocycles. The fourth-order valence-electron chi connectivity index (χ4n) is 4.02. The predicted molar refractivity (Wildman–Crippen MR) is 130 cm³/mol. The molecule has 3 rings (SSSR count). The maximum Gasteiger partial charge on any atom is 0.191 e. The van der Waals surface area contributed by atoms with Crippen LogP contribution < -0.4 is 15.4 Å². The number of benzene rings is 1. The third kappa shape index (κ3) is 7.29. The van der Waals surface area contributed by atoms with Crippen molar-refractivity contribution in [3.8, 4) is 5.75 Å². The zero-order valence-electron chi connectivity index (χ0n) is 18.1. The molecule has 0 spiro atoms. The molecule has 29 heavy (non-hydrogen) atoms. The highest BCUT2D eigenvalue weighted by atomic mass is 127. The number of nitrogens with zero attached hydrogens (tertiary/aromatic N) is 2. The van der Waals surface area contributed by atoms with Gasteiger partial charge in [0.05, 0.1) is 13.2 Å². The number of likely N-dealkylation sites (tertiary alicyclic amines) is 1. The van der Waals surface area contributed by atoms with Crippen molar-refractivity contribution in [1.82, 2.24) is 15.5 Å². The van der Waals surface area contributed by atoms with Crippen LogP contribution in [0, 0.1) is 6.92 Å². The third-order valence-corrected chi connectivity index (χ3v) is 5.73. The molecular weight excluding hydrogens is 479 g/mol. The van der Waals surface area contributed by atoms with Crippen molar-refractivity contribution in [1.29, 1.82) is 0 Å². The number of rotatable bonds is 7. The molecule has 0 aliphatic carbocycles. The minimum absolute atomic E-state index is 0. The van der Waals surface area contributed by atoms with E-state index >= 15 is 0 Å². The molecule has 2 fully saturated rings. The number of piperidine rings is 1. The largest absolute Gasteiger partial charge is 0.488 e. The zero-order chi connectivity index (χ0) is 19.8. The van der Waals surface area contributed by atoms with E-state index in [2.05, 4.69) is 52.6 Å². The Morgan fingerprint density at radius 2 is 2.14 bits per heavy atom. The van der Waals surface area contributed by atoms with Crippen LogP contribution in [0.3, 0.4) is 0 Å². The molecule has 0 radical (unpaired) electrons. The zero-order valence-corrected chi connectivity index (χ0v) is 20.4. The van der Waals surface area contributed by atoms with E-state index in [-0.39, 0.29) is 30.1 Å². The Bertz CT molecular complexity index is 650. The van der Waals surface area contributed by atoms with Crippen LogP contribution in [0.1, 0.15) is 43.7 Å². The Labute approximate surface area is 192 Å². The van der Waals surface area contributed by atoms with Gasteiger partial charge in [0.2, 0.25) is 0 Å². The van der Waals surface area contributed by atoms with E-state index in [9.17, 15) is 0 Å². The number of halogens is 1. The van der Waals surface area contributed by atoms with E-state index < -0.39 is 0 Å². The van der Waals surface area contributed by atoms with Crippen LogP contribution in [-0.4, -0.2) is 62.9 Å². The Morgan fingerprint density at radius 3 is 2.86 bits per heavy atom. The third-order valence-electron chi connectivity index (χ3n) is 5.73. The van der Waals surface area contributed by atoms with Crippen molar-refractivity contribution in [2.45, 2.75) is 58.2 Å². The van der Waals surface area contributed by atoms with Crippen molar-refractivity contribution in [2.75, 3.05) is 39.9 Å². The molecule has 2 N–H and O–H groups in total. The molecule has 1 aromatic carbocycles. The number of likely N-dealkylation sites (N-methyl/N-ethyl adjacent to an activating group) is 1. The molecule has 164 valence electrons. The SMILES string of the molecule is CCN1CCCCC1CNC(=NC)NCc1ccc(C)cc1OC1CCOC1.I. The van der Waals surface area contributed by atoms with Crippen LogP contribution in [0.15, 0.2) is 23.2 Å². The normalized spacial score (nSPS) is 22.8. The number of aryl methyl sites for hydroxylation is 1. The Hall–Kier alpha value is -1.06. The van der Waals surface area contributed by atoms with Crippen molar-refractivity contribution in [2.24, 2.45) is 4.99 Å². The summed E-state index contributed by atoms with van der Waals surface area (Å²) < 4.78 is 11.7. The highest BCUT2D eigenvalue weighted by Crippen LogP contribution is 2.24. The summed E-state index contributed by atoms with van der Waals surface area (Å²) >= 11 is 0. The lowest BCUT2D eigenvalue weighted by Crippen LogP contribution is -2.48. The maximum absolute atomic E-state index is 6.21. The van der Waals surface area contributed by atoms with Crippen molar-refractivity contribution in [3.63, 3.8) is 0 Å². The lowest BCUT2D eigenvalue weighted by atomic mass is 10.0. The molecule has 7 heteroatoms. The maximum atomic E-state index is 6.21. The van der Waals surface area contributed by atoms with E-state index in [1.807, 2.05) is 7.05 Å². The van der Waals surface area contributed by atoms with Crippen LogP contribution in [0.4, 0.5) is 0 Å². The van der Waals surface area contributed by atoms with Gasteiger partial charge in [0.25, 0.3) is 0 Å². The van der Waals surface area contributed by atoms with Gasteiger partial charge < -0.3 is 20.1 Å². The number of ether oxygens (including phenoxy) is 2. The average Bonchev–Trinajstić information content (AvgIpc) is 3.22. The first-order valence-electron chi connectivity index (χ1n) is 10.7. The van der Waals surface area contributed by atoms with E-state index in [0.717, 1.165) is 43.4 Å². The number of aliphatic imine (C=N–C) groups is 1. The van der Waals surface area contributed by atoms with Gasteiger partial charge in [-0.2, -0.15) is 0 Å².